The highest BCUT2D eigenvalue weighted by molar-refractivity contribution is 5.69. The third-order valence-corrected chi connectivity index (χ3v) is 1.30. The number of aromatic nitrogens is 1. The van der Waals surface area contributed by atoms with Crippen LogP contribution >= 0.6 is 0 Å². The molecular formula is C7H9NO3. The molecule has 0 aliphatic rings. The van der Waals surface area contributed by atoms with Gasteiger partial charge < -0.3 is 9.15 Å². The Kier molecular flexibility index (Phi) is 2.66. The number of carbonyl (C=O) groups excluding carboxylic acids is 1. The molecule has 0 unspecified atom stereocenters. The van der Waals surface area contributed by atoms with Crippen LogP contribution in [0.3, 0.4) is 0 Å². The van der Waals surface area contributed by atoms with E-state index in [9.17, 15) is 4.79 Å². The van der Waals surface area contributed by atoms with Crippen LogP contribution in [0.15, 0.2) is 17.1 Å². The molecule has 0 spiro atoms. The van der Waals surface area contributed by atoms with Gasteiger partial charge in [-0.25, -0.2) is 4.98 Å². The van der Waals surface area contributed by atoms with Crippen LogP contribution in [0.2, 0.25) is 0 Å². The smallest absolute Gasteiger partial charge is 0.305 e. The van der Waals surface area contributed by atoms with Crippen molar-refractivity contribution in [3.8, 4) is 0 Å². The van der Waals surface area contributed by atoms with E-state index < -0.39 is 0 Å². The molecule has 11 heavy (non-hydrogen) atoms. The van der Waals surface area contributed by atoms with Gasteiger partial charge in [0, 0.05) is 6.42 Å². The Hall–Kier alpha value is -1.32. The number of rotatable bonds is 3. The van der Waals surface area contributed by atoms with Gasteiger partial charge in [0.15, 0.2) is 6.39 Å². The van der Waals surface area contributed by atoms with Crippen LogP contribution in [-0.4, -0.2) is 18.1 Å². The summed E-state index contributed by atoms with van der Waals surface area (Å²) in [6.07, 6.45) is 3.78. The molecule has 0 aromatic carbocycles. The summed E-state index contributed by atoms with van der Waals surface area (Å²) in [5.41, 5.74) is 0.774. The van der Waals surface area contributed by atoms with Crippen LogP contribution in [0.1, 0.15) is 12.1 Å². The summed E-state index contributed by atoms with van der Waals surface area (Å²) in [6, 6.07) is 0. The van der Waals surface area contributed by atoms with E-state index in [2.05, 4.69) is 9.72 Å². The summed E-state index contributed by atoms with van der Waals surface area (Å²) in [5.74, 6) is -0.229. The maximum absolute atomic E-state index is 10.6. The van der Waals surface area contributed by atoms with Crippen molar-refractivity contribution in [2.24, 2.45) is 0 Å². The zero-order chi connectivity index (χ0) is 8.10. The first-order valence-electron chi connectivity index (χ1n) is 3.27. The molecular weight excluding hydrogens is 146 g/mol. The van der Waals surface area contributed by atoms with Crippen LogP contribution in [0.4, 0.5) is 0 Å². The molecule has 4 nitrogen and oxygen atoms in total. The summed E-state index contributed by atoms with van der Waals surface area (Å²) < 4.78 is 9.17. The molecule has 1 heterocycles. The van der Waals surface area contributed by atoms with Gasteiger partial charge >= 0.3 is 5.97 Å². The van der Waals surface area contributed by atoms with Crippen molar-refractivity contribution < 1.29 is 13.9 Å². The van der Waals surface area contributed by atoms with E-state index in [1.54, 1.807) is 0 Å². The molecule has 0 N–H and O–H groups in total. The number of ether oxygens (including phenoxy) is 1. The van der Waals surface area contributed by atoms with E-state index in [1.807, 2.05) is 0 Å². The number of aryl methyl sites for hydroxylation is 1. The van der Waals surface area contributed by atoms with Gasteiger partial charge in [-0.2, -0.15) is 0 Å². The topological polar surface area (TPSA) is 52.3 Å². The maximum atomic E-state index is 10.6. The first-order valence-corrected chi connectivity index (χ1v) is 3.27. The lowest BCUT2D eigenvalue weighted by atomic mass is 10.2. The van der Waals surface area contributed by atoms with Crippen molar-refractivity contribution in [2.75, 3.05) is 7.11 Å². The summed E-state index contributed by atoms with van der Waals surface area (Å²) in [6.45, 7) is 0. The third kappa shape index (κ3) is 2.41. The standard InChI is InChI=1S/C7H9NO3/c1-10-7(9)3-2-6-4-11-5-8-6/h4-5H,2-3H2,1H3. The Morgan fingerprint density at radius 2 is 2.64 bits per heavy atom. The van der Waals surface area contributed by atoms with Crippen molar-refractivity contribution in [2.45, 2.75) is 12.8 Å². The summed E-state index contributed by atoms with van der Waals surface area (Å²) >= 11 is 0. The predicted octanol–water partition coefficient (Wildman–Crippen LogP) is 0.780. The third-order valence-electron chi connectivity index (χ3n) is 1.30. The lowest BCUT2D eigenvalue weighted by Crippen LogP contribution is -2.01. The molecule has 1 aromatic heterocycles. The van der Waals surface area contributed by atoms with Crippen molar-refractivity contribution in [1.29, 1.82) is 0 Å². The van der Waals surface area contributed by atoms with Gasteiger partial charge in [0.05, 0.1) is 19.2 Å². The molecule has 0 saturated heterocycles. The fourth-order valence-electron chi connectivity index (χ4n) is 0.693. The minimum Gasteiger partial charge on any atom is -0.469 e. The van der Waals surface area contributed by atoms with Crippen LogP contribution in [0, 0.1) is 0 Å². The second-order valence-corrected chi connectivity index (χ2v) is 2.06. The van der Waals surface area contributed by atoms with Gasteiger partial charge in [0.1, 0.15) is 6.26 Å². The van der Waals surface area contributed by atoms with E-state index in [0.29, 0.717) is 12.8 Å². The van der Waals surface area contributed by atoms with Gasteiger partial charge in [-0.1, -0.05) is 0 Å². The minimum atomic E-state index is -0.229. The number of esters is 1. The van der Waals surface area contributed by atoms with E-state index in [4.69, 9.17) is 4.42 Å². The normalized spacial score (nSPS) is 9.55. The molecule has 60 valence electrons. The molecule has 0 radical (unpaired) electrons. The zero-order valence-electron chi connectivity index (χ0n) is 6.24. The largest absolute Gasteiger partial charge is 0.469 e. The summed E-state index contributed by atoms with van der Waals surface area (Å²) in [5, 5.41) is 0. The molecule has 0 bridgehead atoms. The highest BCUT2D eigenvalue weighted by Crippen LogP contribution is 1.99. The molecule has 0 atom stereocenters. The molecule has 4 heteroatoms. The highest BCUT2D eigenvalue weighted by Gasteiger charge is 2.02. The van der Waals surface area contributed by atoms with Crippen LogP contribution in [0.25, 0.3) is 0 Å². The second-order valence-electron chi connectivity index (χ2n) is 2.06. The zero-order valence-corrected chi connectivity index (χ0v) is 6.24. The van der Waals surface area contributed by atoms with E-state index in [0.717, 1.165) is 5.69 Å². The van der Waals surface area contributed by atoms with Crippen LogP contribution in [0.5, 0.6) is 0 Å². The lowest BCUT2D eigenvalue weighted by Gasteiger charge is -1.94. The van der Waals surface area contributed by atoms with Crippen molar-refractivity contribution in [1.82, 2.24) is 4.98 Å². The van der Waals surface area contributed by atoms with Gasteiger partial charge in [0.25, 0.3) is 0 Å². The van der Waals surface area contributed by atoms with E-state index >= 15 is 0 Å². The molecule has 1 rings (SSSR count). The van der Waals surface area contributed by atoms with Crippen LogP contribution in [-0.2, 0) is 16.0 Å². The van der Waals surface area contributed by atoms with Gasteiger partial charge in [0.2, 0.25) is 0 Å². The van der Waals surface area contributed by atoms with E-state index in [-0.39, 0.29) is 5.97 Å². The number of hydrogen-bond acceptors (Lipinski definition) is 4. The number of oxazole rings is 1. The molecule has 0 saturated carbocycles. The van der Waals surface area contributed by atoms with Crippen molar-refractivity contribution >= 4 is 5.97 Å². The summed E-state index contributed by atoms with van der Waals surface area (Å²) in [7, 11) is 1.37. The van der Waals surface area contributed by atoms with Gasteiger partial charge in [-0.3, -0.25) is 4.79 Å². The highest BCUT2D eigenvalue weighted by atomic mass is 16.5. The lowest BCUT2D eigenvalue weighted by molar-refractivity contribution is -0.140. The van der Waals surface area contributed by atoms with Crippen molar-refractivity contribution in [3.05, 3.63) is 18.4 Å². The Morgan fingerprint density at radius 1 is 1.82 bits per heavy atom. The first kappa shape index (κ1) is 7.78. The number of hydrogen-bond donors (Lipinski definition) is 0. The fourth-order valence-corrected chi connectivity index (χ4v) is 0.693. The predicted molar refractivity (Wildman–Crippen MR) is 36.8 cm³/mol. The SMILES string of the molecule is COC(=O)CCc1cocn1. The first-order chi connectivity index (χ1) is 5.33. The quantitative estimate of drug-likeness (QED) is 0.605. The molecule has 0 fully saturated rings. The second kappa shape index (κ2) is 3.75. The number of nitrogens with zero attached hydrogens (tertiary/aromatic N) is 1. The van der Waals surface area contributed by atoms with E-state index in [1.165, 1.54) is 19.8 Å². The molecule has 0 aliphatic heterocycles. The Bertz CT molecular complexity index is 218. The Morgan fingerprint density at radius 3 is 3.18 bits per heavy atom. The number of methoxy groups -OCH3 is 1. The Labute approximate surface area is 64.2 Å². The Balaban J connectivity index is 2.29. The monoisotopic (exact) mass is 155 g/mol. The number of carbonyl (C=O) groups is 1. The molecule has 0 amide bonds. The molecule has 1 aromatic rings. The van der Waals surface area contributed by atoms with Gasteiger partial charge in [-0.05, 0) is 0 Å². The average molecular weight is 155 g/mol. The fraction of sp³-hybridized carbons (Fsp3) is 0.429. The van der Waals surface area contributed by atoms with Gasteiger partial charge in [-0.15, -0.1) is 0 Å². The van der Waals surface area contributed by atoms with Crippen LogP contribution < -0.4 is 0 Å². The molecule has 0 aliphatic carbocycles. The minimum absolute atomic E-state index is 0.229. The van der Waals surface area contributed by atoms with Crippen molar-refractivity contribution in [3.63, 3.8) is 0 Å². The average Bonchev–Trinajstić information content (AvgIpc) is 2.52. The maximum Gasteiger partial charge on any atom is 0.305 e. The summed E-state index contributed by atoms with van der Waals surface area (Å²) in [4.78, 5) is 14.5.